The van der Waals surface area contributed by atoms with E-state index in [0.29, 0.717) is 18.2 Å². The summed E-state index contributed by atoms with van der Waals surface area (Å²) in [5, 5.41) is 3.94. The van der Waals surface area contributed by atoms with Gasteiger partial charge in [0, 0.05) is 29.9 Å². The summed E-state index contributed by atoms with van der Waals surface area (Å²) >= 11 is 0. The number of ether oxygens (including phenoxy) is 1. The number of aryl methyl sites for hydroxylation is 1. The molecule has 1 aliphatic carbocycles. The SMILES string of the molecule is Cc1cc(C#CC2CC2)ccc1/C(C=NCC1OCCCC1(C)C)=N/N. The maximum absolute atomic E-state index is 5.91. The molecular formula is C22H29N3O. The Hall–Kier alpha value is -2.12. The van der Waals surface area contributed by atoms with Crippen LogP contribution in [0.1, 0.15) is 56.2 Å². The Balaban J connectivity index is 1.67. The van der Waals surface area contributed by atoms with Gasteiger partial charge < -0.3 is 10.6 Å². The summed E-state index contributed by atoms with van der Waals surface area (Å²) in [7, 11) is 0. The fraction of sp³-hybridized carbons (Fsp3) is 0.545. The predicted molar refractivity (Wildman–Crippen MR) is 108 cm³/mol. The lowest BCUT2D eigenvalue weighted by molar-refractivity contribution is -0.0607. The van der Waals surface area contributed by atoms with E-state index < -0.39 is 0 Å². The summed E-state index contributed by atoms with van der Waals surface area (Å²) in [6.45, 7) is 8.01. The first-order valence-electron chi connectivity index (χ1n) is 9.51. The Morgan fingerprint density at radius 2 is 2.19 bits per heavy atom. The van der Waals surface area contributed by atoms with Crippen LogP contribution in [0.15, 0.2) is 28.3 Å². The molecule has 1 saturated carbocycles. The average molecular weight is 351 g/mol. The van der Waals surface area contributed by atoms with Crippen LogP contribution in [-0.4, -0.2) is 31.2 Å². The van der Waals surface area contributed by atoms with Gasteiger partial charge in [0.1, 0.15) is 5.71 Å². The second kappa shape index (κ2) is 8.05. The van der Waals surface area contributed by atoms with Crippen LogP contribution in [0.25, 0.3) is 0 Å². The number of nitrogens with zero attached hydrogens (tertiary/aromatic N) is 2. The second-order valence-corrected chi connectivity index (χ2v) is 8.03. The van der Waals surface area contributed by atoms with E-state index in [0.717, 1.165) is 29.7 Å². The molecule has 1 aliphatic heterocycles. The summed E-state index contributed by atoms with van der Waals surface area (Å²) in [4.78, 5) is 4.58. The zero-order valence-electron chi connectivity index (χ0n) is 16.1. The van der Waals surface area contributed by atoms with Crippen LogP contribution >= 0.6 is 0 Å². The van der Waals surface area contributed by atoms with Gasteiger partial charge in [-0.05, 0) is 55.7 Å². The largest absolute Gasteiger partial charge is 0.376 e. The molecule has 2 aliphatic rings. The summed E-state index contributed by atoms with van der Waals surface area (Å²) in [6.07, 6.45) is 6.70. The highest BCUT2D eigenvalue weighted by Gasteiger charge is 2.32. The van der Waals surface area contributed by atoms with E-state index in [1.807, 2.05) is 12.1 Å². The standard InChI is InChI=1S/C22H29N3O/c1-16-13-18(8-7-17-5-6-17)9-10-19(16)20(25-23)14-24-15-21-22(2,3)11-4-12-26-21/h9-10,13-14,17,21H,4-6,11-12,15,23H2,1-3H3/b24-14?,25-20+. The van der Waals surface area contributed by atoms with Crippen LogP contribution in [0.4, 0.5) is 0 Å². The maximum Gasteiger partial charge on any atom is 0.108 e. The zero-order chi connectivity index (χ0) is 18.6. The molecule has 138 valence electrons. The third-order valence-electron chi connectivity index (χ3n) is 5.28. The zero-order valence-corrected chi connectivity index (χ0v) is 16.1. The Bertz CT molecular complexity index is 763. The summed E-state index contributed by atoms with van der Waals surface area (Å²) in [5.74, 6) is 12.8. The van der Waals surface area contributed by atoms with Crippen molar-refractivity contribution < 1.29 is 4.74 Å². The van der Waals surface area contributed by atoms with Crippen molar-refractivity contribution in [2.45, 2.75) is 52.6 Å². The maximum atomic E-state index is 5.91. The van der Waals surface area contributed by atoms with Gasteiger partial charge in [-0.3, -0.25) is 4.99 Å². The Morgan fingerprint density at radius 1 is 1.38 bits per heavy atom. The molecule has 2 fully saturated rings. The summed E-state index contributed by atoms with van der Waals surface area (Å²) < 4.78 is 5.91. The molecule has 1 saturated heterocycles. The van der Waals surface area contributed by atoms with E-state index in [4.69, 9.17) is 10.6 Å². The number of nitrogens with two attached hydrogens (primary N) is 1. The molecule has 4 heteroatoms. The van der Waals surface area contributed by atoms with Crippen LogP contribution < -0.4 is 5.84 Å². The molecule has 26 heavy (non-hydrogen) atoms. The van der Waals surface area contributed by atoms with E-state index >= 15 is 0 Å². The van der Waals surface area contributed by atoms with Crippen molar-refractivity contribution in [3.05, 3.63) is 34.9 Å². The van der Waals surface area contributed by atoms with Crippen LogP contribution in [0.2, 0.25) is 0 Å². The molecule has 0 bridgehead atoms. The van der Waals surface area contributed by atoms with E-state index in [-0.39, 0.29) is 11.5 Å². The quantitative estimate of drug-likeness (QED) is 0.389. The van der Waals surface area contributed by atoms with Crippen molar-refractivity contribution in [3.63, 3.8) is 0 Å². The number of benzene rings is 1. The number of aliphatic imine (C=N–C) groups is 1. The molecule has 0 aromatic heterocycles. The van der Waals surface area contributed by atoms with E-state index in [1.54, 1.807) is 6.21 Å². The fourth-order valence-electron chi connectivity index (χ4n) is 3.29. The molecule has 3 rings (SSSR count). The smallest absolute Gasteiger partial charge is 0.108 e. The lowest BCUT2D eigenvalue weighted by Gasteiger charge is -2.37. The minimum absolute atomic E-state index is 0.146. The Labute approximate surface area is 156 Å². The molecule has 0 amide bonds. The van der Waals surface area contributed by atoms with Crippen LogP contribution in [0.5, 0.6) is 0 Å². The van der Waals surface area contributed by atoms with Gasteiger partial charge in [0.2, 0.25) is 0 Å². The van der Waals surface area contributed by atoms with E-state index in [2.05, 4.69) is 48.8 Å². The van der Waals surface area contributed by atoms with E-state index in [1.165, 1.54) is 19.3 Å². The van der Waals surface area contributed by atoms with Crippen LogP contribution in [-0.2, 0) is 4.74 Å². The molecule has 2 N–H and O–H groups in total. The first kappa shape index (κ1) is 18.7. The molecule has 1 aromatic carbocycles. The minimum Gasteiger partial charge on any atom is -0.376 e. The normalized spacial score (nSPS) is 22.9. The van der Waals surface area contributed by atoms with Crippen molar-refractivity contribution in [2.24, 2.45) is 27.3 Å². The van der Waals surface area contributed by atoms with Gasteiger partial charge in [-0.2, -0.15) is 5.10 Å². The molecule has 0 spiro atoms. The van der Waals surface area contributed by atoms with Gasteiger partial charge in [-0.25, -0.2) is 0 Å². The van der Waals surface area contributed by atoms with Gasteiger partial charge in [-0.15, -0.1) is 0 Å². The fourth-order valence-corrected chi connectivity index (χ4v) is 3.29. The van der Waals surface area contributed by atoms with Crippen molar-refractivity contribution in [1.82, 2.24) is 0 Å². The first-order valence-corrected chi connectivity index (χ1v) is 9.51. The Kier molecular flexibility index (Phi) is 5.78. The predicted octanol–water partition coefficient (Wildman–Crippen LogP) is 3.70. The Morgan fingerprint density at radius 3 is 2.85 bits per heavy atom. The monoisotopic (exact) mass is 351 g/mol. The lowest BCUT2D eigenvalue weighted by atomic mass is 9.80. The van der Waals surface area contributed by atoms with Gasteiger partial charge in [0.15, 0.2) is 0 Å². The molecule has 4 nitrogen and oxygen atoms in total. The van der Waals surface area contributed by atoms with Crippen LogP contribution in [0, 0.1) is 30.1 Å². The van der Waals surface area contributed by atoms with Gasteiger partial charge in [0.25, 0.3) is 0 Å². The third kappa shape index (κ3) is 4.74. The van der Waals surface area contributed by atoms with Gasteiger partial charge in [0.05, 0.1) is 12.6 Å². The topological polar surface area (TPSA) is 60.0 Å². The molecule has 1 atom stereocenters. The second-order valence-electron chi connectivity index (χ2n) is 8.03. The number of hydrogen-bond acceptors (Lipinski definition) is 4. The first-order chi connectivity index (χ1) is 12.5. The van der Waals surface area contributed by atoms with Crippen molar-refractivity contribution in [3.8, 4) is 11.8 Å². The van der Waals surface area contributed by atoms with Crippen molar-refractivity contribution >= 4 is 11.9 Å². The van der Waals surface area contributed by atoms with Crippen LogP contribution in [0.3, 0.4) is 0 Å². The summed E-state index contributed by atoms with van der Waals surface area (Å²) in [6, 6.07) is 6.16. The van der Waals surface area contributed by atoms with E-state index in [9.17, 15) is 0 Å². The number of hydrazone groups is 1. The number of rotatable bonds is 4. The van der Waals surface area contributed by atoms with Crippen molar-refractivity contribution in [1.29, 1.82) is 0 Å². The minimum atomic E-state index is 0.146. The molecular weight excluding hydrogens is 322 g/mol. The van der Waals surface area contributed by atoms with Gasteiger partial charge in [-0.1, -0.05) is 31.8 Å². The molecule has 1 aromatic rings. The highest BCUT2D eigenvalue weighted by molar-refractivity contribution is 6.38. The number of hydrogen-bond donors (Lipinski definition) is 1. The van der Waals surface area contributed by atoms with Crippen molar-refractivity contribution in [2.75, 3.05) is 13.2 Å². The lowest BCUT2D eigenvalue weighted by Crippen LogP contribution is -2.38. The molecule has 0 radical (unpaired) electrons. The van der Waals surface area contributed by atoms with Gasteiger partial charge >= 0.3 is 0 Å². The average Bonchev–Trinajstić information content (AvgIpc) is 3.43. The third-order valence-corrected chi connectivity index (χ3v) is 5.28. The molecule has 1 unspecified atom stereocenters. The highest BCUT2D eigenvalue weighted by Crippen LogP contribution is 2.33. The molecule has 1 heterocycles. The highest BCUT2D eigenvalue weighted by atomic mass is 16.5. The summed E-state index contributed by atoms with van der Waals surface area (Å²) in [5.41, 5.74) is 4.00.